The number of rotatable bonds is 15. The Morgan fingerprint density at radius 3 is 2.35 bits per heavy atom. The average molecular weight is 531 g/mol. The standard InChI is InChI=1S/C27H35BrN2O4/c1-3-5-6-7-8-9-10-11-26(31)30-29-20-22-19-23(28)14-17-25(22)34-27(32)21-12-15-24(16-13-21)33-18-4-2/h12-17,19-20H,3-11,18H2,1-2H3,(H,30,31)/b29-20+. The van der Waals surface area contributed by atoms with Gasteiger partial charge in [0.2, 0.25) is 5.91 Å². The maximum atomic E-state index is 12.6. The predicted molar refractivity (Wildman–Crippen MR) is 140 cm³/mol. The van der Waals surface area contributed by atoms with Crippen molar-refractivity contribution in [1.29, 1.82) is 0 Å². The largest absolute Gasteiger partial charge is 0.494 e. The van der Waals surface area contributed by atoms with Crippen LogP contribution >= 0.6 is 15.9 Å². The fourth-order valence-corrected chi connectivity index (χ4v) is 3.63. The lowest BCUT2D eigenvalue weighted by Gasteiger charge is -2.09. The van der Waals surface area contributed by atoms with Gasteiger partial charge in [-0.2, -0.15) is 5.10 Å². The first-order valence-electron chi connectivity index (χ1n) is 12.1. The smallest absolute Gasteiger partial charge is 0.343 e. The van der Waals surface area contributed by atoms with E-state index in [0.717, 1.165) is 30.2 Å². The fraction of sp³-hybridized carbons (Fsp3) is 0.444. The Morgan fingerprint density at radius 1 is 0.941 bits per heavy atom. The van der Waals surface area contributed by atoms with E-state index in [1.54, 1.807) is 42.5 Å². The van der Waals surface area contributed by atoms with Gasteiger partial charge in [-0.3, -0.25) is 4.79 Å². The number of nitrogens with one attached hydrogen (secondary N) is 1. The minimum atomic E-state index is -0.484. The second-order valence-electron chi connectivity index (χ2n) is 8.11. The summed E-state index contributed by atoms with van der Waals surface area (Å²) in [6, 6.07) is 12.1. The molecule has 0 fully saturated rings. The Labute approximate surface area is 211 Å². The SMILES string of the molecule is CCCCCCCCCC(=O)N/N=C/c1cc(Br)ccc1OC(=O)c1ccc(OCCC)cc1. The molecule has 0 aromatic heterocycles. The summed E-state index contributed by atoms with van der Waals surface area (Å²) in [6.45, 7) is 4.86. The van der Waals surface area contributed by atoms with Crippen molar-refractivity contribution in [3.8, 4) is 11.5 Å². The molecule has 6 nitrogen and oxygen atoms in total. The normalized spacial score (nSPS) is 10.9. The molecule has 0 saturated carbocycles. The van der Waals surface area contributed by atoms with Crippen LogP contribution in [-0.2, 0) is 4.79 Å². The molecule has 2 aromatic rings. The van der Waals surface area contributed by atoms with Crippen LogP contribution in [0, 0.1) is 0 Å². The molecule has 0 unspecified atom stereocenters. The van der Waals surface area contributed by atoms with E-state index in [9.17, 15) is 9.59 Å². The number of benzene rings is 2. The summed E-state index contributed by atoms with van der Waals surface area (Å²) in [5, 5.41) is 4.05. The molecule has 184 valence electrons. The first-order valence-corrected chi connectivity index (χ1v) is 12.9. The van der Waals surface area contributed by atoms with Crippen LogP contribution in [-0.4, -0.2) is 24.7 Å². The molecule has 0 aliphatic rings. The number of hydrogen-bond donors (Lipinski definition) is 1. The summed E-state index contributed by atoms with van der Waals surface area (Å²) in [7, 11) is 0. The number of halogens is 1. The lowest BCUT2D eigenvalue weighted by atomic mass is 10.1. The number of esters is 1. The maximum absolute atomic E-state index is 12.6. The molecule has 0 saturated heterocycles. The average Bonchev–Trinajstić information content (AvgIpc) is 2.84. The molecule has 0 aliphatic heterocycles. The molecule has 2 rings (SSSR count). The number of unbranched alkanes of at least 4 members (excludes halogenated alkanes) is 6. The molecule has 1 N–H and O–H groups in total. The Morgan fingerprint density at radius 2 is 1.65 bits per heavy atom. The number of amides is 1. The van der Waals surface area contributed by atoms with E-state index < -0.39 is 5.97 Å². The third-order valence-corrected chi connectivity index (χ3v) is 5.63. The molecule has 1 amide bonds. The molecule has 2 aromatic carbocycles. The van der Waals surface area contributed by atoms with Crippen LogP contribution in [0.4, 0.5) is 0 Å². The first kappa shape index (κ1) is 27.6. The van der Waals surface area contributed by atoms with Crippen LogP contribution in [0.15, 0.2) is 52.0 Å². The third-order valence-electron chi connectivity index (χ3n) is 5.14. The van der Waals surface area contributed by atoms with E-state index in [1.165, 1.54) is 31.9 Å². The number of carbonyl (C=O) groups excluding carboxylic acids is 2. The van der Waals surface area contributed by atoms with Crippen molar-refractivity contribution in [2.75, 3.05) is 6.61 Å². The van der Waals surface area contributed by atoms with E-state index in [4.69, 9.17) is 9.47 Å². The van der Waals surface area contributed by atoms with Gasteiger partial charge in [-0.1, -0.05) is 68.3 Å². The molecule has 0 atom stereocenters. The molecule has 0 radical (unpaired) electrons. The monoisotopic (exact) mass is 530 g/mol. The number of carbonyl (C=O) groups is 2. The second-order valence-corrected chi connectivity index (χ2v) is 9.02. The molecule has 34 heavy (non-hydrogen) atoms. The summed E-state index contributed by atoms with van der Waals surface area (Å²) >= 11 is 3.42. The maximum Gasteiger partial charge on any atom is 0.343 e. The Kier molecular flexibility index (Phi) is 13.0. The van der Waals surface area contributed by atoms with Crippen molar-refractivity contribution in [2.24, 2.45) is 5.10 Å². The van der Waals surface area contributed by atoms with Crippen molar-refractivity contribution in [3.63, 3.8) is 0 Å². The third kappa shape index (κ3) is 10.5. The number of hydrogen-bond acceptors (Lipinski definition) is 5. The molecular formula is C27H35BrN2O4. The summed E-state index contributed by atoms with van der Waals surface area (Å²) in [6.07, 6.45) is 10.9. The molecule has 0 heterocycles. The van der Waals surface area contributed by atoms with Gasteiger partial charge < -0.3 is 9.47 Å². The molecule has 0 spiro atoms. The van der Waals surface area contributed by atoms with Crippen molar-refractivity contribution in [1.82, 2.24) is 5.43 Å². The van der Waals surface area contributed by atoms with Crippen LogP contribution < -0.4 is 14.9 Å². The summed E-state index contributed by atoms with van der Waals surface area (Å²) < 4.78 is 11.9. The van der Waals surface area contributed by atoms with Crippen molar-refractivity contribution in [3.05, 3.63) is 58.1 Å². The van der Waals surface area contributed by atoms with Gasteiger partial charge in [0.05, 0.1) is 18.4 Å². The zero-order chi connectivity index (χ0) is 24.6. The topological polar surface area (TPSA) is 77.0 Å². The van der Waals surface area contributed by atoms with Crippen LogP contribution in [0.2, 0.25) is 0 Å². The van der Waals surface area contributed by atoms with Crippen LogP contribution in [0.5, 0.6) is 11.5 Å². The quantitative estimate of drug-likeness (QED) is 0.0879. The van der Waals surface area contributed by atoms with E-state index in [2.05, 4.69) is 33.4 Å². The lowest BCUT2D eigenvalue weighted by molar-refractivity contribution is -0.121. The summed E-state index contributed by atoms with van der Waals surface area (Å²) in [5.74, 6) is 0.456. The van der Waals surface area contributed by atoms with Crippen LogP contribution in [0.1, 0.15) is 87.6 Å². The highest BCUT2D eigenvalue weighted by molar-refractivity contribution is 9.10. The van der Waals surface area contributed by atoms with Gasteiger partial charge in [0.15, 0.2) is 0 Å². The summed E-state index contributed by atoms with van der Waals surface area (Å²) in [4.78, 5) is 24.6. The van der Waals surface area contributed by atoms with Gasteiger partial charge in [0, 0.05) is 16.5 Å². The van der Waals surface area contributed by atoms with Crippen molar-refractivity contribution in [2.45, 2.75) is 71.6 Å². The molecule has 0 bridgehead atoms. The second kappa shape index (κ2) is 16.0. The predicted octanol–water partition coefficient (Wildman–Crippen LogP) is 7.05. The van der Waals surface area contributed by atoms with Crippen LogP contribution in [0.3, 0.4) is 0 Å². The van der Waals surface area contributed by atoms with Gasteiger partial charge in [0.25, 0.3) is 0 Å². The van der Waals surface area contributed by atoms with Gasteiger partial charge in [-0.05, 0) is 55.3 Å². The van der Waals surface area contributed by atoms with E-state index >= 15 is 0 Å². The summed E-state index contributed by atoms with van der Waals surface area (Å²) in [5.41, 5.74) is 3.54. The first-order chi connectivity index (χ1) is 16.5. The fourth-order valence-electron chi connectivity index (χ4n) is 3.25. The Hall–Kier alpha value is -2.67. The Bertz CT molecular complexity index is 929. The minimum Gasteiger partial charge on any atom is -0.494 e. The van der Waals surface area contributed by atoms with Crippen LogP contribution in [0.25, 0.3) is 0 Å². The number of nitrogens with zero attached hydrogens (tertiary/aromatic N) is 1. The van der Waals surface area contributed by atoms with E-state index in [1.807, 2.05) is 6.92 Å². The molecule has 0 aliphatic carbocycles. The highest BCUT2D eigenvalue weighted by atomic mass is 79.9. The van der Waals surface area contributed by atoms with Gasteiger partial charge in [-0.15, -0.1) is 0 Å². The van der Waals surface area contributed by atoms with Gasteiger partial charge >= 0.3 is 5.97 Å². The number of ether oxygens (including phenoxy) is 2. The molecule has 7 heteroatoms. The molecular weight excluding hydrogens is 496 g/mol. The zero-order valence-electron chi connectivity index (χ0n) is 20.1. The van der Waals surface area contributed by atoms with Gasteiger partial charge in [-0.25, -0.2) is 10.2 Å². The lowest BCUT2D eigenvalue weighted by Crippen LogP contribution is -2.17. The highest BCUT2D eigenvalue weighted by Gasteiger charge is 2.12. The highest BCUT2D eigenvalue weighted by Crippen LogP contribution is 2.23. The van der Waals surface area contributed by atoms with Crippen molar-refractivity contribution >= 4 is 34.0 Å². The number of hydrazone groups is 1. The van der Waals surface area contributed by atoms with Gasteiger partial charge in [0.1, 0.15) is 11.5 Å². The van der Waals surface area contributed by atoms with E-state index in [0.29, 0.717) is 35.7 Å². The Balaban J connectivity index is 1.87. The van der Waals surface area contributed by atoms with Crippen molar-refractivity contribution < 1.29 is 19.1 Å². The zero-order valence-corrected chi connectivity index (χ0v) is 21.7. The minimum absolute atomic E-state index is 0.122. The van der Waals surface area contributed by atoms with E-state index in [-0.39, 0.29) is 5.91 Å².